The van der Waals surface area contributed by atoms with E-state index in [2.05, 4.69) is 161 Å². The number of para-hydroxylation sites is 4. The van der Waals surface area contributed by atoms with Gasteiger partial charge in [0.2, 0.25) is 0 Å². The zero-order valence-electron chi connectivity index (χ0n) is 35.9. The Morgan fingerprint density at radius 1 is 0.557 bits per heavy atom. The van der Waals surface area contributed by atoms with Crippen molar-refractivity contribution < 1.29 is 25.2 Å². The van der Waals surface area contributed by atoms with Gasteiger partial charge in [0.25, 0.3) is 0 Å². The van der Waals surface area contributed by atoms with Crippen LogP contribution in [0.5, 0.6) is 0 Å². The Labute approximate surface area is 374 Å². The topological polar surface area (TPSA) is 27.5 Å². The minimum Gasteiger partial charge on any atom is -0.358 e. The van der Waals surface area contributed by atoms with Crippen LogP contribution in [-0.4, -0.2) is 23.2 Å². The van der Waals surface area contributed by atoms with Crippen molar-refractivity contribution in [2.24, 2.45) is 0 Å². The molecule has 0 unspecified atom stereocenters. The number of rotatable bonds is 8. The molecular weight excluding hydrogens is 926 g/mol. The molecule has 0 aliphatic carbocycles. The van der Waals surface area contributed by atoms with E-state index in [1.54, 1.807) is 0 Å². The molecule has 2 aromatic heterocycles. The summed E-state index contributed by atoms with van der Waals surface area (Å²) in [7, 11) is 0. The normalized spacial score (nSPS) is 13.0. The third-order valence-corrected chi connectivity index (χ3v) is 11.4. The van der Waals surface area contributed by atoms with Crippen LogP contribution in [0, 0.1) is 12.1 Å². The number of anilines is 6. The Morgan fingerprint density at radius 2 is 1.20 bits per heavy atom. The zero-order valence-corrected chi connectivity index (χ0v) is 35.2. The van der Waals surface area contributed by atoms with Gasteiger partial charge in [-0.2, -0.15) is 12.1 Å². The summed E-state index contributed by atoms with van der Waals surface area (Å²) in [6.07, 6.45) is 1.91. The van der Waals surface area contributed by atoms with Crippen LogP contribution in [0.4, 0.5) is 34.1 Å². The number of fused-ring (bicyclic) bond motifs is 4. The summed E-state index contributed by atoms with van der Waals surface area (Å²) >= 11 is 0. The van der Waals surface area contributed by atoms with Crippen LogP contribution in [0.3, 0.4) is 0 Å². The maximum Gasteiger partial charge on any atom is 2.00 e. The van der Waals surface area contributed by atoms with E-state index in [1.807, 2.05) is 71.8 Å². The summed E-state index contributed by atoms with van der Waals surface area (Å²) in [6.45, 7) is -2.13. The molecule has 0 radical (unpaired) electrons. The van der Waals surface area contributed by atoms with Crippen molar-refractivity contribution in [2.75, 3.05) is 28.3 Å². The molecule has 11 rings (SSSR count). The Kier molecular flexibility index (Phi) is 9.14. The van der Waals surface area contributed by atoms with Gasteiger partial charge in [0.1, 0.15) is 5.82 Å². The van der Waals surface area contributed by atoms with Crippen molar-refractivity contribution in [3.8, 4) is 39.2 Å². The van der Waals surface area contributed by atoms with Crippen LogP contribution in [0.25, 0.3) is 61.0 Å². The molecule has 61 heavy (non-hydrogen) atoms. The average Bonchev–Trinajstić information content (AvgIpc) is 3.89. The summed E-state index contributed by atoms with van der Waals surface area (Å²) in [4.78, 5) is 10.7. The summed E-state index contributed by atoms with van der Waals surface area (Å²) in [5, 5.41) is 2.16. The first-order valence-electron chi connectivity index (χ1n) is 21.6. The molecule has 8 aromatic carbocycles. The average molecular weight is 968 g/mol. The maximum absolute atomic E-state index is 8.28. The molecule has 0 saturated carbocycles. The molecule has 5 nitrogen and oxygen atoms in total. The molecule has 0 amide bonds. The van der Waals surface area contributed by atoms with Gasteiger partial charge in [0.15, 0.2) is 0 Å². The van der Waals surface area contributed by atoms with Gasteiger partial charge in [-0.1, -0.05) is 150 Å². The van der Waals surface area contributed by atoms with Gasteiger partial charge in [-0.25, -0.2) is 4.98 Å². The van der Waals surface area contributed by atoms with Crippen molar-refractivity contribution in [1.82, 2.24) is 9.55 Å². The van der Waals surface area contributed by atoms with E-state index >= 15 is 0 Å². The molecule has 1 aliphatic rings. The van der Waals surface area contributed by atoms with E-state index < -0.39 is 6.98 Å². The largest absolute Gasteiger partial charge is 2.00 e. The van der Waals surface area contributed by atoms with Gasteiger partial charge in [-0.05, 0) is 81.2 Å². The number of hydrogen-bond donors (Lipinski definition) is 0. The monoisotopic (exact) mass is 967 g/mol. The predicted molar refractivity (Wildman–Crippen MR) is 249 cm³/mol. The Balaban J connectivity index is 0.00000484. The Bertz CT molecular complexity index is 3220. The minimum absolute atomic E-state index is 0. The Morgan fingerprint density at radius 3 is 1.93 bits per heavy atom. The van der Waals surface area contributed by atoms with Gasteiger partial charge >= 0.3 is 21.1 Å². The van der Waals surface area contributed by atoms with Gasteiger partial charge in [0, 0.05) is 28.5 Å². The van der Waals surface area contributed by atoms with E-state index in [9.17, 15) is 0 Å². The van der Waals surface area contributed by atoms with E-state index in [4.69, 9.17) is 9.10 Å². The Hall–Kier alpha value is -7.20. The molecule has 0 fully saturated rings. The van der Waals surface area contributed by atoms with E-state index in [1.165, 1.54) is 4.90 Å². The quantitative estimate of drug-likeness (QED) is 0.142. The number of pyridine rings is 1. The molecule has 294 valence electrons. The van der Waals surface area contributed by atoms with E-state index in [-0.39, 0.29) is 27.7 Å². The van der Waals surface area contributed by atoms with Crippen LogP contribution < -0.4 is 14.7 Å². The number of nitrogens with zero attached hydrogens (tertiary/aromatic N) is 5. The smallest absolute Gasteiger partial charge is 0.358 e. The first-order valence-corrected chi connectivity index (χ1v) is 20.1. The van der Waals surface area contributed by atoms with Crippen LogP contribution in [0.1, 0.15) is 4.11 Å². The molecule has 0 spiro atoms. The number of aromatic nitrogens is 2. The molecule has 10 aromatic rings. The van der Waals surface area contributed by atoms with Gasteiger partial charge < -0.3 is 19.3 Å². The first-order chi connectivity index (χ1) is 30.9. The second-order valence-corrected chi connectivity index (χ2v) is 14.9. The summed E-state index contributed by atoms with van der Waals surface area (Å²) in [6, 6.07) is 76.1. The molecule has 0 saturated heterocycles. The van der Waals surface area contributed by atoms with Gasteiger partial charge in [-0.15, -0.1) is 35.7 Å². The predicted octanol–water partition coefficient (Wildman–Crippen LogP) is 13.8. The van der Waals surface area contributed by atoms with Crippen LogP contribution in [-0.2, 0) is 21.1 Å². The van der Waals surface area contributed by atoms with Gasteiger partial charge in [0.05, 0.1) is 18.0 Å². The molecule has 0 atom stereocenters. The summed E-state index contributed by atoms with van der Waals surface area (Å²) in [5.74, 6) is 0.778. The first kappa shape index (κ1) is 34.6. The maximum atomic E-state index is 8.28. The molecule has 0 bridgehead atoms. The summed E-state index contributed by atoms with van der Waals surface area (Å²) < 4.78 is 27.1. The third-order valence-electron chi connectivity index (χ3n) is 11.4. The fourth-order valence-electron chi connectivity index (χ4n) is 8.66. The second kappa shape index (κ2) is 16.1. The molecule has 1 aliphatic heterocycles. The van der Waals surface area contributed by atoms with Crippen molar-refractivity contribution in [3.05, 3.63) is 219 Å². The third kappa shape index (κ3) is 6.78. The van der Waals surface area contributed by atoms with Crippen molar-refractivity contribution in [2.45, 2.75) is 0 Å². The fraction of sp³-hybridized carbons (Fsp3) is 0.0364. The standard InChI is InChI=1S/C55H39N5.Pt/c1-57-38-58(52-30-14-13-29-51(52)57)43-23-15-24-44(36-43)59(42-21-9-4-10-22-42)45-31-32-49-48-25-11-12-28-50(48)60(53(49)37-45)54-35-41(33-34-56-54)55-46(39-17-5-2-6-18-39)26-16-27-47(55)40-19-7-3-8-20-40;/h2-35H,38H2,1H3;/q-2;+2/i1D3;. The van der Waals surface area contributed by atoms with Gasteiger partial charge in [-0.3, -0.25) is 0 Å². The molecule has 6 heteroatoms. The van der Waals surface area contributed by atoms with E-state index in [0.29, 0.717) is 5.69 Å². The fourth-order valence-corrected chi connectivity index (χ4v) is 8.66. The summed E-state index contributed by atoms with van der Waals surface area (Å²) in [5.41, 5.74) is 13.5. The van der Waals surface area contributed by atoms with Crippen LogP contribution in [0.15, 0.2) is 206 Å². The SMILES string of the molecule is [2H]C([2H])([2H])N1CN(c2[c-]c(N(c3[c-]c4c(cc3)c3ccccc3n4-c3cc(-c4c(-c5ccccc5)cccc4-c4ccccc4)ccn3)c3ccccc3)ccc2)c2ccccc21.[Pt+2]. The molecular formula is C55H39N5Pt. The minimum atomic E-state index is -2.30. The zero-order chi connectivity index (χ0) is 42.5. The van der Waals surface area contributed by atoms with Crippen molar-refractivity contribution in [1.29, 1.82) is 0 Å². The van der Waals surface area contributed by atoms with Crippen LogP contribution in [0.2, 0.25) is 0 Å². The van der Waals surface area contributed by atoms with Crippen molar-refractivity contribution >= 4 is 55.9 Å². The molecule has 0 N–H and O–H groups in total. The van der Waals surface area contributed by atoms with Crippen molar-refractivity contribution in [3.63, 3.8) is 0 Å². The number of hydrogen-bond acceptors (Lipinski definition) is 4. The number of benzene rings is 8. The van der Waals surface area contributed by atoms with E-state index in [0.717, 1.165) is 89.4 Å². The second-order valence-electron chi connectivity index (χ2n) is 14.9. The van der Waals surface area contributed by atoms with Crippen LogP contribution >= 0.6 is 0 Å². The molecule has 3 heterocycles.